The Morgan fingerprint density at radius 1 is 1.47 bits per heavy atom. The van der Waals surface area contributed by atoms with Crippen LogP contribution in [0.15, 0.2) is 23.8 Å². The van der Waals surface area contributed by atoms with Crippen molar-refractivity contribution in [1.29, 1.82) is 0 Å². The fraction of sp³-hybridized carbons (Fsp3) is 0.714. The topological polar surface area (TPSA) is 20.2 Å². The largest absolute Gasteiger partial charge is 0.393 e. The van der Waals surface area contributed by atoms with Crippen molar-refractivity contribution in [3.8, 4) is 0 Å². The maximum Gasteiger partial charge on any atom is 0.0572 e. The summed E-state index contributed by atoms with van der Waals surface area (Å²) in [5.74, 6) is 0.848. The van der Waals surface area contributed by atoms with Crippen LogP contribution in [-0.2, 0) is 0 Å². The van der Waals surface area contributed by atoms with Gasteiger partial charge in [0.15, 0.2) is 0 Å². The van der Waals surface area contributed by atoms with Crippen LogP contribution in [0.25, 0.3) is 0 Å². The van der Waals surface area contributed by atoms with Crippen LogP contribution in [-0.4, -0.2) is 11.2 Å². The molecule has 0 aromatic heterocycles. The summed E-state index contributed by atoms with van der Waals surface area (Å²) in [4.78, 5) is 0. The van der Waals surface area contributed by atoms with Gasteiger partial charge in [-0.2, -0.15) is 0 Å². The summed E-state index contributed by atoms with van der Waals surface area (Å²) in [5.41, 5.74) is 1.77. The van der Waals surface area contributed by atoms with Crippen molar-refractivity contribution in [2.24, 2.45) is 17.3 Å². The molecule has 1 aliphatic carbocycles. The van der Waals surface area contributed by atoms with Gasteiger partial charge < -0.3 is 5.11 Å². The average molecular weight is 208 g/mol. The second-order valence-electron chi connectivity index (χ2n) is 5.44. The van der Waals surface area contributed by atoms with Gasteiger partial charge in [-0.1, -0.05) is 44.6 Å². The number of aliphatic hydroxyl groups is 1. The highest BCUT2D eigenvalue weighted by Crippen LogP contribution is 2.43. The maximum absolute atomic E-state index is 9.41. The van der Waals surface area contributed by atoms with Crippen LogP contribution >= 0.6 is 0 Å². The van der Waals surface area contributed by atoms with E-state index in [9.17, 15) is 5.11 Å². The van der Waals surface area contributed by atoms with Crippen molar-refractivity contribution in [3.63, 3.8) is 0 Å². The van der Waals surface area contributed by atoms with Gasteiger partial charge in [-0.05, 0) is 37.5 Å². The zero-order valence-electron chi connectivity index (χ0n) is 10.6. The van der Waals surface area contributed by atoms with Crippen molar-refractivity contribution < 1.29 is 5.11 Å². The van der Waals surface area contributed by atoms with E-state index in [1.54, 1.807) is 0 Å². The maximum atomic E-state index is 9.41. The van der Waals surface area contributed by atoms with Gasteiger partial charge in [0.2, 0.25) is 0 Å². The molecule has 0 spiro atoms. The first kappa shape index (κ1) is 12.5. The third-order valence-electron chi connectivity index (χ3n) is 4.03. The number of aliphatic hydroxyl groups excluding tert-OH is 1. The summed E-state index contributed by atoms with van der Waals surface area (Å²) in [5, 5.41) is 9.41. The van der Waals surface area contributed by atoms with E-state index in [0.29, 0.717) is 5.92 Å². The van der Waals surface area contributed by atoms with E-state index in [1.807, 2.05) is 6.92 Å². The minimum absolute atomic E-state index is 0.250. The van der Waals surface area contributed by atoms with Crippen molar-refractivity contribution in [2.75, 3.05) is 0 Å². The van der Waals surface area contributed by atoms with Gasteiger partial charge in [-0.3, -0.25) is 0 Å². The van der Waals surface area contributed by atoms with Crippen molar-refractivity contribution in [1.82, 2.24) is 0 Å². The van der Waals surface area contributed by atoms with Crippen LogP contribution in [0.3, 0.4) is 0 Å². The molecule has 0 amide bonds. The van der Waals surface area contributed by atoms with Gasteiger partial charge in [-0.25, -0.2) is 0 Å². The number of allylic oxidation sites excluding steroid dienone is 3. The molecule has 1 aliphatic rings. The molecule has 0 aromatic rings. The lowest BCUT2D eigenvalue weighted by atomic mass is 9.77. The minimum atomic E-state index is -0.250. The molecule has 1 rings (SSSR count). The second-order valence-corrected chi connectivity index (χ2v) is 5.44. The van der Waals surface area contributed by atoms with Gasteiger partial charge in [0, 0.05) is 0 Å². The lowest BCUT2D eigenvalue weighted by Gasteiger charge is -2.27. The molecule has 0 heterocycles. The van der Waals surface area contributed by atoms with Crippen molar-refractivity contribution in [3.05, 3.63) is 23.8 Å². The zero-order valence-corrected chi connectivity index (χ0v) is 10.6. The van der Waals surface area contributed by atoms with E-state index >= 15 is 0 Å². The Morgan fingerprint density at radius 3 is 2.47 bits per heavy atom. The molecule has 0 bridgehead atoms. The summed E-state index contributed by atoms with van der Waals surface area (Å²) >= 11 is 0. The second kappa shape index (κ2) is 4.52. The standard InChI is InChI=1S/C14H24O/c1-10(12(3)15)6-8-13-9-7-11(2)14(13,4)5/h6-8,10,12-13,15H,9H2,1-5H3/b8-6+/t10-,12-,13-/m1/s1. The summed E-state index contributed by atoms with van der Waals surface area (Å²) in [6.07, 6.45) is 7.66. The van der Waals surface area contributed by atoms with Gasteiger partial charge in [0.1, 0.15) is 0 Å². The Hall–Kier alpha value is -0.560. The Labute approximate surface area is 93.9 Å². The Balaban J connectivity index is 2.62. The lowest BCUT2D eigenvalue weighted by molar-refractivity contribution is 0.156. The molecule has 15 heavy (non-hydrogen) atoms. The van der Waals surface area contributed by atoms with Crippen LogP contribution in [0, 0.1) is 17.3 Å². The normalized spacial score (nSPS) is 29.2. The summed E-state index contributed by atoms with van der Waals surface area (Å²) in [6, 6.07) is 0. The highest BCUT2D eigenvalue weighted by Gasteiger charge is 2.32. The van der Waals surface area contributed by atoms with E-state index in [2.05, 4.69) is 45.9 Å². The molecule has 0 unspecified atom stereocenters. The molecule has 1 heteroatoms. The van der Waals surface area contributed by atoms with Gasteiger partial charge in [-0.15, -0.1) is 0 Å². The zero-order chi connectivity index (χ0) is 11.6. The predicted molar refractivity (Wildman–Crippen MR) is 65.6 cm³/mol. The quantitative estimate of drug-likeness (QED) is 0.703. The predicted octanol–water partition coefficient (Wildman–Crippen LogP) is 3.55. The van der Waals surface area contributed by atoms with Crippen LogP contribution in [0.1, 0.15) is 41.0 Å². The molecule has 86 valence electrons. The third-order valence-corrected chi connectivity index (χ3v) is 4.03. The lowest BCUT2D eigenvalue weighted by Crippen LogP contribution is -2.19. The smallest absolute Gasteiger partial charge is 0.0572 e. The van der Waals surface area contributed by atoms with Crippen molar-refractivity contribution >= 4 is 0 Å². The van der Waals surface area contributed by atoms with E-state index < -0.39 is 0 Å². The number of hydrogen-bond acceptors (Lipinski definition) is 1. The minimum Gasteiger partial charge on any atom is -0.393 e. The first-order valence-electron chi connectivity index (χ1n) is 5.89. The van der Waals surface area contributed by atoms with Crippen LogP contribution in [0.2, 0.25) is 0 Å². The highest BCUT2D eigenvalue weighted by atomic mass is 16.3. The highest BCUT2D eigenvalue weighted by molar-refractivity contribution is 5.22. The van der Waals surface area contributed by atoms with E-state index in [4.69, 9.17) is 0 Å². The molecular formula is C14H24O. The number of rotatable bonds is 3. The molecule has 1 N–H and O–H groups in total. The molecule has 1 nitrogen and oxygen atoms in total. The third kappa shape index (κ3) is 2.72. The molecule has 0 saturated carbocycles. The van der Waals surface area contributed by atoms with Gasteiger partial charge in [0.05, 0.1) is 6.10 Å². The molecule has 3 atom stereocenters. The summed E-state index contributed by atoms with van der Waals surface area (Å²) < 4.78 is 0. The van der Waals surface area contributed by atoms with Gasteiger partial charge in [0.25, 0.3) is 0 Å². The molecule has 0 fully saturated rings. The molecule has 0 saturated heterocycles. The van der Waals surface area contributed by atoms with Crippen LogP contribution in [0.4, 0.5) is 0 Å². The SMILES string of the molecule is CC1=CC[C@@H](/C=C/[C@@H](C)[C@@H](C)O)C1(C)C. The fourth-order valence-electron chi connectivity index (χ4n) is 1.94. The molecule has 0 radical (unpaired) electrons. The van der Waals surface area contributed by atoms with Gasteiger partial charge >= 0.3 is 0 Å². The Bertz CT molecular complexity index is 271. The summed E-state index contributed by atoms with van der Waals surface area (Å²) in [7, 11) is 0. The molecule has 0 aromatic carbocycles. The summed E-state index contributed by atoms with van der Waals surface area (Å²) in [6.45, 7) is 10.7. The molecule has 0 aliphatic heterocycles. The average Bonchev–Trinajstić information content (AvgIpc) is 2.39. The van der Waals surface area contributed by atoms with Crippen molar-refractivity contribution in [2.45, 2.75) is 47.1 Å². The monoisotopic (exact) mass is 208 g/mol. The van der Waals surface area contributed by atoms with E-state index in [1.165, 1.54) is 5.57 Å². The van der Waals surface area contributed by atoms with Crippen LogP contribution < -0.4 is 0 Å². The van der Waals surface area contributed by atoms with Crippen LogP contribution in [0.5, 0.6) is 0 Å². The Morgan fingerprint density at radius 2 is 2.07 bits per heavy atom. The fourth-order valence-corrected chi connectivity index (χ4v) is 1.94. The molecular weight excluding hydrogens is 184 g/mol. The first-order valence-corrected chi connectivity index (χ1v) is 5.89. The van der Waals surface area contributed by atoms with E-state index in [-0.39, 0.29) is 17.4 Å². The van der Waals surface area contributed by atoms with E-state index in [0.717, 1.165) is 6.42 Å². The number of hydrogen-bond donors (Lipinski definition) is 1. The Kier molecular flexibility index (Phi) is 3.77. The first-order chi connectivity index (χ1) is 6.85.